The smallest absolute Gasteiger partial charge is 0.143 e. The van der Waals surface area contributed by atoms with E-state index in [9.17, 15) is 0 Å². The molecular formula is C70H46N2O. The summed E-state index contributed by atoms with van der Waals surface area (Å²) in [6.07, 6.45) is 0. The SMILES string of the molecule is c1cc(-c2ccc(N(c3ccc(-c4cccc(-c5cccc6c5oc5ccccc56)c4)cc3)c3ccc(-c4ccc5ccccc5c4)cc3)cc2)cc(-c2ccccc2-n2c3ccccc3c3ccccc32)c1. The van der Waals surface area contributed by atoms with Crippen LogP contribution in [-0.2, 0) is 0 Å². The van der Waals surface area contributed by atoms with Gasteiger partial charge in [0, 0.05) is 49.7 Å². The van der Waals surface area contributed by atoms with Gasteiger partial charge in [0.1, 0.15) is 11.2 Å². The van der Waals surface area contributed by atoms with Gasteiger partial charge < -0.3 is 13.9 Å². The molecule has 0 aliphatic carbocycles. The first-order chi connectivity index (χ1) is 36.2. The van der Waals surface area contributed by atoms with Crippen molar-refractivity contribution in [3.63, 3.8) is 0 Å². The molecule has 0 radical (unpaired) electrons. The number of furan rings is 1. The maximum atomic E-state index is 6.45. The van der Waals surface area contributed by atoms with Crippen LogP contribution in [0.4, 0.5) is 17.1 Å². The first kappa shape index (κ1) is 42.2. The van der Waals surface area contributed by atoms with E-state index in [-0.39, 0.29) is 0 Å². The lowest BCUT2D eigenvalue weighted by Gasteiger charge is -2.26. The second-order valence-electron chi connectivity index (χ2n) is 18.9. The van der Waals surface area contributed by atoms with Gasteiger partial charge in [-0.05, 0) is 134 Å². The van der Waals surface area contributed by atoms with Crippen LogP contribution in [-0.4, -0.2) is 4.57 Å². The molecule has 3 heteroatoms. The van der Waals surface area contributed by atoms with Crippen LogP contribution in [0.3, 0.4) is 0 Å². The van der Waals surface area contributed by atoms with Crippen LogP contribution in [0, 0.1) is 0 Å². The molecule has 14 aromatic rings. The molecule has 0 saturated carbocycles. The second-order valence-corrected chi connectivity index (χ2v) is 18.9. The Hall–Kier alpha value is -9.70. The summed E-state index contributed by atoms with van der Waals surface area (Å²) in [4.78, 5) is 2.36. The minimum atomic E-state index is 0.905. The normalized spacial score (nSPS) is 11.6. The van der Waals surface area contributed by atoms with Crippen molar-refractivity contribution in [1.82, 2.24) is 4.57 Å². The minimum Gasteiger partial charge on any atom is -0.455 e. The highest BCUT2D eigenvalue weighted by Crippen LogP contribution is 2.42. The van der Waals surface area contributed by atoms with Crippen LogP contribution in [0.25, 0.3) is 116 Å². The monoisotopic (exact) mass is 930 g/mol. The Morgan fingerprint density at radius 2 is 0.712 bits per heavy atom. The van der Waals surface area contributed by atoms with E-state index >= 15 is 0 Å². The average Bonchev–Trinajstić information content (AvgIpc) is 4.02. The fraction of sp³-hybridized carbons (Fsp3) is 0. The zero-order valence-corrected chi connectivity index (χ0v) is 39.9. The van der Waals surface area contributed by atoms with Crippen molar-refractivity contribution in [3.05, 3.63) is 279 Å². The third-order valence-corrected chi connectivity index (χ3v) is 14.6. The topological polar surface area (TPSA) is 21.3 Å². The summed E-state index contributed by atoms with van der Waals surface area (Å²) in [7, 11) is 0. The van der Waals surface area contributed by atoms with Gasteiger partial charge >= 0.3 is 0 Å². The largest absolute Gasteiger partial charge is 0.455 e. The van der Waals surface area contributed by atoms with Gasteiger partial charge in [-0.1, -0.05) is 200 Å². The number of benzene rings is 12. The van der Waals surface area contributed by atoms with Gasteiger partial charge in [-0.3, -0.25) is 0 Å². The lowest BCUT2D eigenvalue weighted by molar-refractivity contribution is 0.670. The molecule has 0 aliphatic heterocycles. The summed E-state index contributed by atoms with van der Waals surface area (Å²) in [6.45, 7) is 0. The van der Waals surface area contributed by atoms with Crippen LogP contribution < -0.4 is 4.90 Å². The highest BCUT2D eigenvalue weighted by atomic mass is 16.3. The van der Waals surface area contributed by atoms with Crippen molar-refractivity contribution in [2.24, 2.45) is 0 Å². The molecule has 3 nitrogen and oxygen atoms in total. The quantitative estimate of drug-likeness (QED) is 0.144. The number of anilines is 3. The molecule has 0 aliphatic rings. The van der Waals surface area contributed by atoms with Crippen molar-refractivity contribution < 1.29 is 4.42 Å². The Kier molecular flexibility index (Phi) is 10.2. The first-order valence-electron chi connectivity index (χ1n) is 25.0. The maximum absolute atomic E-state index is 6.45. The van der Waals surface area contributed by atoms with Crippen molar-refractivity contribution >= 4 is 71.6 Å². The average molecular weight is 931 g/mol. The number of hydrogen-bond acceptors (Lipinski definition) is 2. The molecule has 0 fully saturated rings. The lowest BCUT2D eigenvalue weighted by Crippen LogP contribution is -2.09. The predicted octanol–water partition coefficient (Wildman–Crippen LogP) is 19.6. The van der Waals surface area contributed by atoms with E-state index in [0.717, 1.165) is 78.1 Å². The van der Waals surface area contributed by atoms with Crippen LogP contribution in [0.1, 0.15) is 0 Å². The number of para-hydroxylation sites is 5. The molecule has 14 rings (SSSR count). The molecule has 342 valence electrons. The summed E-state index contributed by atoms with van der Waals surface area (Å²) in [5.74, 6) is 0. The van der Waals surface area contributed by atoms with Gasteiger partial charge in [0.25, 0.3) is 0 Å². The molecule has 2 aromatic heterocycles. The minimum absolute atomic E-state index is 0.905. The molecule has 2 heterocycles. The molecular weight excluding hydrogens is 885 g/mol. The first-order valence-corrected chi connectivity index (χ1v) is 25.0. The summed E-state index contributed by atoms with van der Waals surface area (Å²) in [5.41, 5.74) is 20.2. The summed E-state index contributed by atoms with van der Waals surface area (Å²) in [5, 5.41) is 7.26. The number of fused-ring (bicyclic) bond motifs is 7. The van der Waals surface area contributed by atoms with E-state index < -0.39 is 0 Å². The third-order valence-electron chi connectivity index (χ3n) is 14.6. The number of rotatable bonds is 9. The summed E-state index contributed by atoms with van der Waals surface area (Å²) in [6, 6.07) is 101. The van der Waals surface area contributed by atoms with E-state index in [0.29, 0.717) is 0 Å². The molecule has 0 N–H and O–H groups in total. The van der Waals surface area contributed by atoms with Crippen LogP contribution in [0.2, 0.25) is 0 Å². The maximum Gasteiger partial charge on any atom is 0.143 e. The second kappa shape index (κ2) is 17.6. The molecule has 0 saturated heterocycles. The van der Waals surface area contributed by atoms with Crippen molar-refractivity contribution in [2.45, 2.75) is 0 Å². The van der Waals surface area contributed by atoms with E-state index in [1.54, 1.807) is 0 Å². The Bertz CT molecular complexity index is 4310. The molecule has 0 spiro atoms. The van der Waals surface area contributed by atoms with E-state index in [4.69, 9.17) is 4.42 Å². The highest BCUT2D eigenvalue weighted by Gasteiger charge is 2.18. The van der Waals surface area contributed by atoms with Crippen molar-refractivity contribution in [1.29, 1.82) is 0 Å². The molecule has 73 heavy (non-hydrogen) atoms. The zero-order valence-electron chi connectivity index (χ0n) is 39.9. The molecule has 0 atom stereocenters. The van der Waals surface area contributed by atoms with E-state index in [1.807, 2.05) is 12.1 Å². The van der Waals surface area contributed by atoms with E-state index in [2.05, 4.69) is 276 Å². The van der Waals surface area contributed by atoms with Crippen molar-refractivity contribution in [3.8, 4) is 61.3 Å². The van der Waals surface area contributed by atoms with Gasteiger partial charge in [0.15, 0.2) is 0 Å². The fourth-order valence-electron chi connectivity index (χ4n) is 11.0. The summed E-state index contributed by atoms with van der Waals surface area (Å²) < 4.78 is 8.86. The van der Waals surface area contributed by atoms with Crippen LogP contribution >= 0.6 is 0 Å². The van der Waals surface area contributed by atoms with Crippen LogP contribution in [0.5, 0.6) is 0 Å². The molecule has 0 bridgehead atoms. The van der Waals surface area contributed by atoms with Gasteiger partial charge in [-0.25, -0.2) is 0 Å². The standard InChI is InChI=1S/C70H46N2O/c1-2-15-51-44-54(31-30-47(51)14-1)50-36-42-59(43-37-50)71(58-40-34-49(35-41-58)53-17-12-19-56(46-53)61-24-13-25-65-64-23-6-10-29-69(64)73-70(61)65)57-38-32-48(33-39-57)52-16-11-18-55(45-52)60-20-3-7-26-66(60)72-67-27-8-4-21-62(67)63-22-5-9-28-68(63)72/h1-46H. The number of hydrogen-bond donors (Lipinski definition) is 0. The Morgan fingerprint density at radius 3 is 1.34 bits per heavy atom. The Morgan fingerprint density at radius 1 is 0.274 bits per heavy atom. The van der Waals surface area contributed by atoms with Gasteiger partial charge in [0.2, 0.25) is 0 Å². The highest BCUT2D eigenvalue weighted by molar-refractivity contribution is 6.11. The predicted molar refractivity (Wildman–Crippen MR) is 307 cm³/mol. The zero-order chi connectivity index (χ0) is 48.2. The van der Waals surface area contributed by atoms with Crippen LogP contribution in [0.15, 0.2) is 283 Å². The Balaban J connectivity index is 0.815. The van der Waals surface area contributed by atoms with Crippen molar-refractivity contribution in [2.75, 3.05) is 4.90 Å². The van der Waals surface area contributed by atoms with Gasteiger partial charge in [-0.15, -0.1) is 0 Å². The number of aromatic nitrogens is 1. The fourth-order valence-corrected chi connectivity index (χ4v) is 11.0. The lowest BCUT2D eigenvalue weighted by atomic mass is 9.97. The van der Waals surface area contributed by atoms with E-state index in [1.165, 1.54) is 54.8 Å². The third kappa shape index (κ3) is 7.46. The molecule has 0 unspecified atom stereocenters. The number of nitrogens with zero attached hydrogens (tertiary/aromatic N) is 2. The summed E-state index contributed by atoms with van der Waals surface area (Å²) >= 11 is 0. The van der Waals surface area contributed by atoms with Gasteiger partial charge in [0.05, 0.1) is 16.7 Å². The Labute approximate surface area is 423 Å². The molecule has 12 aromatic carbocycles. The molecule has 0 amide bonds. The van der Waals surface area contributed by atoms with Gasteiger partial charge in [-0.2, -0.15) is 0 Å².